The predicted octanol–water partition coefficient (Wildman–Crippen LogP) is 2.60. The monoisotopic (exact) mass is 256 g/mol. The van der Waals surface area contributed by atoms with E-state index in [2.05, 4.69) is 14.8 Å². The van der Waals surface area contributed by atoms with Gasteiger partial charge in [-0.15, -0.1) is 0 Å². The molecule has 0 radical (unpaired) electrons. The number of fused-ring (bicyclic) bond motifs is 1. The van der Waals surface area contributed by atoms with Crippen molar-refractivity contribution in [3.8, 4) is 0 Å². The summed E-state index contributed by atoms with van der Waals surface area (Å²) in [4.78, 5) is 8.56. The molecule has 0 amide bonds. The molecule has 0 aliphatic carbocycles. The first-order valence-electron chi connectivity index (χ1n) is 6.08. The van der Waals surface area contributed by atoms with E-state index in [4.69, 9.17) is 10.2 Å². The van der Waals surface area contributed by atoms with Crippen molar-refractivity contribution in [3.05, 3.63) is 42.2 Å². The molecule has 1 aromatic heterocycles. The number of furan rings is 1. The third kappa shape index (κ3) is 1.98. The molecule has 1 atom stereocenters. The molecule has 2 N–H and O–H groups in total. The van der Waals surface area contributed by atoms with Gasteiger partial charge in [0.25, 0.3) is 0 Å². The summed E-state index contributed by atoms with van der Waals surface area (Å²) in [6, 6.07) is 9.72. The summed E-state index contributed by atoms with van der Waals surface area (Å²) in [5.41, 5.74) is 8.59. The number of rotatable bonds is 2. The van der Waals surface area contributed by atoms with Crippen molar-refractivity contribution in [2.24, 2.45) is 4.99 Å². The summed E-state index contributed by atoms with van der Waals surface area (Å²) >= 11 is 0. The molecule has 19 heavy (non-hydrogen) atoms. The van der Waals surface area contributed by atoms with E-state index in [1.165, 1.54) is 0 Å². The molecule has 1 unspecified atom stereocenters. The highest BCUT2D eigenvalue weighted by atomic mass is 16.3. The van der Waals surface area contributed by atoms with E-state index >= 15 is 0 Å². The number of hydrogen-bond donors (Lipinski definition) is 1. The highest BCUT2D eigenvalue weighted by Gasteiger charge is 2.29. The van der Waals surface area contributed by atoms with Crippen LogP contribution in [0.1, 0.15) is 11.7 Å². The Kier molecular flexibility index (Phi) is 2.76. The zero-order valence-electron chi connectivity index (χ0n) is 10.9. The fourth-order valence-corrected chi connectivity index (χ4v) is 2.32. The Hall–Kier alpha value is -2.27. The first-order chi connectivity index (χ1) is 9.16. The molecule has 0 spiro atoms. The van der Waals surface area contributed by atoms with E-state index < -0.39 is 0 Å². The maximum atomic E-state index is 5.73. The highest BCUT2D eigenvalue weighted by Crippen LogP contribution is 2.37. The Labute approximate surface area is 111 Å². The van der Waals surface area contributed by atoms with Crippen LogP contribution in [-0.2, 0) is 0 Å². The molecular formula is C14H16N4O. The summed E-state index contributed by atoms with van der Waals surface area (Å²) in [7, 11) is 4.07. The van der Waals surface area contributed by atoms with Gasteiger partial charge in [0.05, 0.1) is 11.8 Å². The molecule has 0 bridgehead atoms. The summed E-state index contributed by atoms with van der Waals surface area (Å²) in [5.74, 6) is 0.672. The van der Waals surface area contributed by atoms with Crippen molar-refractivity contribution in [3.63, 3.8) is 0 Å². The van der Waals surface area contributed by atoms with Crippen LogP contribution in [0.5, 0.6) is 0 Å². The van der Waals surface area contributed by atoms with Gasteiger partial charge >= 0.3 is 0 Å². The van der Waals surface area contributed by atoms with Gasteiger partial charge < -0.3 is 15.1 Å². The lowest BCUT2D eigenvalue weighted by Gasteiger charge is -2.36. The Bertz CT molecular complexity index is 600. The maximum Gasteiger partial charge on any atom is 0.226 e. The van der Waals surface area contributed by atoms with Crippen molar-refractivity contribution in [2.45, 2.75) is 6.17 Å². The molecule has 3 rings (SSSR count). The van der Waals surface area contributed by atoms with Crippen molar-refractivity contribution in [1.82, 2.24) is 4.90 Å². The normalized spacial score (nSPS) is 17.8. The van der Waals surface area contributed by atoms with Gasteiger partial charge in [0.2, 0.25) is 5.88 Å². The van der Waals surface area contributed by atoms with Crippen molar-refractivity contribution in [2.75, 3.05) is 24.7 Å². The topological polar surface area (TPSA) is 58.0 Å². The van der Waals surface area contributed by atoms with E-state index in [1.807, 2.05) is 44.4 Å². The Morgan fingerprint density at radius 3 is 2.63 bits per heavy atom. The molecule has 5 heteroatoms. The molecule has 5 nitrogen and oxygen atoms in total. The number of anilines is 2. The van der Waals surface area contributed by atoms with Gasteiger partial charge in [-0.25, -0.2) is 4.99 Å². The quantitative estimate of drug-likeness (QED) is 0.839. The number of nitrogens with zero attached hydrogens (tertiary/aromatic N) is 3. The molecule has 0 saturated carbocycles. The largest absolute Gasteiger partial charge is 0.446 e. The van der Waals surface area contributed by atoms with Crippen molar-refractivity contribution < 1.29 is 4.42 Å². The van der Waals surface area contributed by atoms with Crippen LogP contribution in [0.3, 0.4) is 0 Å². The van der Waals surface area contributed by atoms with E-state index in [0.717, 1.165) is 16.9 Å². The Balaban J connectivity index is 2.04. The average Bonchev–Trinajstić information content (AvgIpc) is 2.86. The third-order valence-electron chi connectivity index (χ3n) is 3.20. The number of hydrogen-bond acceptors (Lipinski definition) is 5. The summed E-state index contributed by atoms with van der Waals surface area (Å²) in [6.45, 7) is 0. The Morgan fingerprint density at radius 1 is 1.21 bits per heavy atom. The lowest BCUT2D eigenvalue weighted by atomic mass is 10.1. The highest BCUT2D eigenvalue weighted by molar-refractivity contribution is 5.84. The van der Waals surface area contributed by atoms with Crippen molar-refractivity contribution >= 4 is 23.6 Å². The molecule has 1 aliphatic rings. The summed E-state index contributed by atoms with van der Waals surface area (Å²) < 4.78 is 5.37. The van der Waals surface area contributed by atoms with Crippen LogP contribution in [0.4, 0.5) is 17.3 Å². The maximum absolute atomic E-state index is 5.73. The molecule has 2 aromatic rings. The zero-order chi connectivity index (χ0) is 13.4. The van der Waals surface area contributed by atoms with Crippen LogP contribution in [0.15, 0.2) is 46.0 Å². The van der Waals surface area contributed by atoms with Crippen LogP contribution >= 0.6 is 0 Å². The minimum absolute atomic E-state index is 0.0647. The average molecular weight is 256 g/mol. The lowest BCUT2D eigenvalue weighted by Crippen LogP contribution is -2.38. The summed E-state index contributed by atoms with van der Waals surface area (Å²) in [5, 5.41) is 0. The molecule has 0 saturated heterocycles. The van der Waals surface area contributed by atoms with Crippen LogP contribution in [0, 0.1) is 0 Å². The third-order valence-corrected chi connectivity index (χ3v) is 3.20. The molecule has 98 valence electrons. The second-order valence-corrected chi connectivity index (χ2v) is 4.76. The standard InChI is InChI=1S/C14H16N4O/c1-17(2)14-12-7-8-19-13(12)16-9-18(14)11-5-3-10(15)4-6-11/h3-9,14H,15H2,1-2H3. The van der Waals surface area contributed by atoms with Gasteiger partial charge in [-0.05, 0) is 44.4 Å². The predicted molar refractivity (Wildman–Crippen MR) is 76.6 cm³/mol. The minimum Gasteiger partial charge on any atom is -0.446 e. The molecular weight excluding hydrogens is 240 g/mol. The van der Waals surface area contributed by atoms with E-state index in [-0.39, 0.29) is 6.17 Å². The second kappa shape index (κ2) is 4.44. The van der Waals surface area contributed by atoms with Gasteiger partial charge in [-0.3, -0.25) is 4.90 Å². The van der Waals surface area contributed by atoms with E-state index in [0.29, 0.717) is 5.88 Å². The number of benzene rings is 1. The Morgan fingerprint density at radius 2 is 1.95 bits per heavy atom. The fourth-order valence-electron chi connectivity index (χ4n) is 2.32. The van der Waals surface area contributed by atoms with Gasteiger partial charge in [0.15, 0.2) is 0 Å². The summed E-state index contributed by atoms with van der Waals surface area (Å²) in [6.07, 6.45) is 3.53. The molecule has 1 aromatic carbocycles. The number of aliphatic imine (C=N–C) groups is 1. The van der Waals surface area contributed by atoms with Crippen LogP contribution in [0.2, 0.25) is 0 Å². The molecule has 1 aliphatic heterocycles. The van der Waals surface area contributed by atoms with Crippen LogP contribution in [-0.4, -0.2) is 25.3 Å². The van der Waals surface area contributed by atoms with Crippen LogP contribution < -0.4 is 10.6 Å². The first kappa shape index (κ1) is 11.8. The van der Waals surface area contributed by atoms with E-state index in [9.17, 15) is 0 Å². The minimum atomic E-state index is 0.0647. The van der Waals surface area contributed by atoms with Gasteiger partial charge in [0.1, 0.15) is 12.5 Å². The lowest BCUT2D eigenvalue weighted by molar-refractivity contribution is 0.306. The van der Waals surface area contributed by atoms with Gasteiger partial charge in [-0.1, -0.05) is 0 Å². The second-order valence-electron chi connectivity index (χ2n) is 4.76. The fraction of sp³-hybridized carbons (Fsp3) is 0.214. The van der Waals surface area contributed by atoms with Crippen LogP contribution in [0.25, 0.3) is 0 Å². The number of nitrogen functional groups attached to an aromatic ring is 1. The first-order valence-corrected chi connectivity index (χ1v) is 6.08. The van der Waals surface area contributed by atoms with E-state index in [1.54, 1.807) is 12.6 Å². The number of nitrogens with two attached hydrogens (primary N) is 1. The van der Waals surface area contributed by atoms with Crippen molar-refractivity contribution in [1.29, 1.82) is 0 Å². The molecule has 2 heterocycles. The SMILES string of the molecule is CN(C)C1c2ccoc2N=CN1c1ccc(N)cc1. The molecule has 0 fully saturated rings. The zero-order valence-corrected chi connectivity index (χ0v) is 10.9. The smallest absolute Gasteiger partial charge is 0.226 e. The van der Waals surface area contributed by atoms with Gasteiger partial charge in [-0.2, -0.15) is 0 Å². The van der Waals surface area contributed by atoms with Gasteiger partial charge in [0, 0.05) is 11.4 Å².